The van der Waals surface area contributed by atoms with Crippen LogP contribution < -0.4 is 10.0 Å². The van der Waals surface area contributed by atoms with Gasteiger partial charge in [-0.15, -0.1) is 0 Å². The Morgan fingerprint density at radius 3 is 2.63 bits per heavy atom. The van der Waals surface area contributed by atoms with Gasteiger partial charge in [0, 0.05) is 24.0 Å². The van der Waals surface area contributed by atoms with Gasteiger partial charge in [0.25, 0.3) is 0 Å². The first-order valence-corrected chi connectivity index (χ1v) is 9.19. The lowest BCUT2D eigenvalue weighted by Crippen LogP contribution is -2.24. The fourth-order valence-corrected chi connectivity index (χ4v) is 4.22. The molecule has 2 rings (SSSR count). The zero-order chi connectivity index (χ0) is 13.7. The molecular formula is C13H20N2O2S2. The minimum atomic E-state index is -3.35. The SMILES string of the molecule is CCCNS(=O)(=O)c1ccc(NC2CCSC2)cc1. The van der Waals surface area contributed by atoms with Crippen molar-refractivity contribution in [3.05, 3.63) is 24.3 Å². The monoisotopic (exact) mass is 300 g/mol. The van der Waals surface area contributed by atoms with Crippen molar-refractivity contribution >= 4 is 27.5 Å². The van der Waals surface area contributed by atoms with Crippen LogP contribution in [0.1, 0.15) is 19.8 Å². The molecule has 1 heterocycles. The highest BCUT2D eigenvalue weighted by atomic mass is 32.2. The van der Waals surface area contributed by atoms with Crippen molar-refractivity contribution in [2.75, 3.05) is 23.4 Å². The van der Waals surface area contributed by atoms with E-state index in [0.29, 0.717) is 17.5 Å². The Bertz CT molecular complexity index is 494. The fraction of sp³-hybridized carbons (Fsp3) is 0.538. The van der Waals surface area contributed by atoms with Gasteiger partial charge >= 0.3 is 0 Å². The molecule has 1 atom stereocenters. The van der Waals surface area contributed by atoms with Gasteiger partial charge in [-0.3, -0.25) is 0 Å². The van der Waals surface area contributed by atoms with E-state index in [4.69, 9.17) is 0 Å². The standard InChI is InChI=1S/C13H20N2O2S2/c1-2-8-14-19(16,17)13-5-3-11(4-6-13)15-12-7-9-18-10-12/h3-6,12,14-15H,2,7-10H2,1H3. The summed E-state index contributed by atoms with van der Waals surface area (Å²) in [6.07, 6.45) is 1.96. The molecule has 0 bridgehead atoms. The molecule has 0 aliphatic carbocycles. The molecule has 0 aromatic heterocycles. The van der Waals surface area contributed by atoms with Crippen LogP contribution in [-0.4, -0.2) is 32.5 Å². The van der Waals surface area contributed by atoms with Gasteiger partial charge in [-0.1, -0.05) is 6.92 Å². The third kappa shape index (κ3) is 4.12. The van der Waals surface area contributed by atoms with Crippen LogP contribution in [0.3, 0.4) is 0 Å². The second-order valence-electron chi connectivity index (χ2n) is 4.63. The summed E-state index contributed by atoms with van der Waals surface area (Å²) < 4.78 is 26.4. The highest BCUT2D eigenvalue weighted by molar-refractivity contribution is 7.99. The summed E-state index contributed by atoms with van der Waals surface area (Å²) in [4.78, 5) is 0.326. The molecule has 0 radical (unpaired) electrons. The number of hydrogen-bond acceptors (Lipinski definition) is 4. The minimum Gasteiger partial charge on any atom is -0.381 e. The van der Waals surface area contributed by atoms with E-state index in [1.165, 1.54) is 12.2 Å². The molecule has 1 aliphatic rings. The van der Waals surface area contributed by atoms with E-state index in [1.807, 2.05) is 30.8 Å². The molecule has 0 spiro atoms. The number of sulfonamides is 1. The van der Waals surface area contributed by atoms with Gasteiger partial charge in [0.15, 0.2) is 0 Å². The molecule has 2 N–H and O–H groups in total. The Kier molecular flexibility index (Phi) is 5.13. The van der Waals surface area contributed by atoms with Crippen molar-refractivity contribution in [2.24, 2.45) is 0 Å². The van der Waals surface area contributed by atoms with Crippen molar-refractivity contribution in [3.63, 3.8) is 0 Å². The van der Waals surface area contributed by atoms with Crippen LogP contribution >= 0.6 is 11.8 Å². The van der Waals surface area contributed by atoms with E-state index in [1.54, 1.807) is 12.1 Å². The smallest absolute Gasteiger partial charge is 0.240 e. The van der Waals surface area contributed by atoms with E-state index in [-0.39, 0.29) is 0 Å². The Morgan fingerprint density at radius 1 is 1.32 bits per heavy atom. The predicted octanol–water partition coefficient (Wildman–Crippen LogP) is 2.29. The average molecular weight is 300 g/mol. The van der Waals surface area contributed by atoms with E-state index in [9.17, 15) is 8.42 Å². The quantitative estimate of drug-likeness (QED) is 0.846. The largest absolute Gasteiger partial charge is 0.381 e. The molecule has 6 heteroatoms. The maximum atomic E-state index is 11.9. The number of thioether (sulfide) groups is 1. The Balaban J connectivity index is 2.01. The second kappa shape index (κ2) is 6.63. The summed E-state index contributed by atoms with van der Waals surface area (Å²) in [6.45, 7) is 2.41. The molecule has 1 unspecified atom stereocenters. The molecule has 1 aromatic rings. The fourth-order valence-electron chi connectivity index (χ4n) is 1.93. The van der Waals surface area contributed by atoms with Gasteiger partial charge < -0.3 is 5.32 Å². The first-order valence-electron chi connectivity index (χ1n) is 6.56. The summed E-state index contributed by atoms with van der Waals surface area (Å²) in [5.41, 5.74) is 0.988. The molecule has 19 heavy (non-hydrogen) atoms. The van der Waals surface area contributed by atoms with Crippen molar-refractivity contribution in [2.45, 2.75) is 30.7 Å². The lowest BCUT2D eigenvalue weighted by molar-refractivity contribution is 0.581. The van der Waals surface area contributed by atoms with Gasteiger partial charge in [-0.05, 0) is 42.9 Å². The second-order valence-corrected chi connectivity index (χ2v) is 7.54. The van der Waals surface area contributed by atoms with Gasteiger partial charge in [0.05, 0.1) is 4.90 Å². The van der Waals surface area contributed by atoms with Gasteiger partial charge in [0.2, 0.25) is 10.0 Å². The third-order valence-electron chi connectivity index (χ3n) is 3.01. The molecule has 1 fully saturated rings. The van der Waals surface area contributed by atoms with Crippen LogP contribution in [0.5, 0.6) is 0 Å². The summed E-state index contributed by atoms with van der Waals surface area (Å²) in [5.74, 6) is 2.32. The highest BCUT2D eigenvalue weighted by Crippen LogP contribution is 2.22. The molecule has 4 nitrogen and oxygen atoms in total. The van der Waals surface area contributed by atoms with Crippen molar-refractivity contribution < 1.29 is 8.42 Å². The van der Waals surface area contributed by atoms with Crippen molar-refractivity contribution in [1.29, 1.82) is 0 Å². The Labute approximate surface area is 119 Å². The van der Waals surface area contributed by atoms with Crippen LogP contribution in [-0.2, 0) is 10.0 Å². The molecule has 106 valence electrons. The number of benzene rings is 1. The third-order valence-corrected chi connectivity index (χ3v) is 5.65. The van der Waals surface area contributed by atoms with E-state index >= 15 is 0 Å². The molecule has 0 amide bonds. The number of rotatable bonds is 6. The molecule has 1 saturated heterocycles. The molecular weight excluding hydrogens is 280 g/mol. The van der Waals surface area contributed by atoms with Gasteiger partial charge in [-0.25, -0.2) is 13.1 Å². The first-order chi connectivity index (χ1) is 9.12. The first kappa shape index (κ1) is 14.7. The number of hydrogen-bond donors (Lipinski definition) is 2. The summed E-state index contributed by atoms with van der Waals surface area (Å²) in [5, 5.41) is 3.43. The lowest BCUT2D eigenvalue weighted by Gasteiger charge is -2.13. The molecule has 1 aromatic carbocycles. The number of anilines is 1. The van der Waals surface area contributed by atoms with Crippen LogP contribution in [0.4, 0.5) is 5.69 Å². The Hall–Kier alpha value is -0.720. The zero-order valence-electron chi connectivity index (χ0n) is 11.1. The van der Waals surface area contributed by atoms with E-state index < -0.39 is 10.0 Å². The summed E-state index contributed by atoms with van der Waals surface area (Å²) in [6, 6.07) is 7.49. The minimum absolute atomic E-state index is 0.326. The predicted molar refractivity (Wildman–Crippen MR) is 81.3 cm³/mol. The molecule has 0 saturated carbocycles. The maximum Gasteiger partial charge on any atom is 0.240 e. The van der Waals surface area contributed by atoms with Gasteiger partial charge in [0.1, 0.15) is 0 Å². The van der Waals surface area contributed by atoms with Gasteiger partial charge in [-0.2, -0.15) is 11.8 Å². The molecule has 1 aliphatic heterocycles. The number of nitrogens with one attached hydrogen (secondary N) is 2. The van der Waals surface area contributed by atoms with E-state index in [0.717, 1.165) is 17.9 Å². The van der Waals surface area contributed by atoms with Crippen molar-refractivity contribution in [1.82, 2.24) is 4.72 Å². The van der Waals surface area contributed by atoms with Crippen LogP contribution in [0.15, 0.2) is 29.2 Å². The van der Waals surface area contributed by atoms with Crippen molar-refractivity contribution in [3.8, 4) is 0 Å². The van der Waals surface area contributed by atoms with Crippen LogP contribution in [0, 0.1) is 0 Å². The summed E-state index contributed by atoms with van der Waals surface area (Å²) >= 11 is 1.95. The average Bonchev–Trinajstić information content (AvgIpc) is 2.90. The maximum absolute atomic E-state index is 11.9. The topological polar surface area (TPSA) is 58.2 Å². The highest BCUT2D eigenvalue weighted by Gasteiger charge is 2.16. The lowest BCUT2D eigenvalue weighted by atomic mass is 10.2. The normalized spacial score (nSPS) is 19.5. The Morgan fingerprint density at radius 2 is 2.05 bits per heavy atom. The van der Waals surface area contributed by atoms with Crippen LogP contribution in [0.25, 0.3) is 0 Å². The zero-order valence-corrected chi connectivity index (χ0v) is 12.7. The van der Waals surface area contributed by atoms with E-state index in [2.05, 4.69) is 10.0 Å². The van der Waals surface area contributed by atoms with Crippen LogP contribution in [0.2, 0.25) is 0 Å². The summed E-state index contributed by atoms with van der Waals surface area (Å²) in [7, 11) is -3.35.